The summed E-state index contributed by atoms with van der Waals surface area (Å²) in [6.45, 7) is 4.53. The third-order valence-electron chi connectivity index (χ3n) is 2.71. The minimum atomic E-state index is -0.980. The molecule has 0 bridgehead atoms. The molecule has 19 heavy (non-hydrogen) atoms. The molecule has 0 radical (unpaired) electrons. The van der Waals surface area contributed by atoms with Crippen LogP contribution in [0.4, 0.5) is 0 Å². The second kappa shape index (κ2) is 5.52. The Labute approximate surface area is 111 Å². The smallest absolute Gasteiger partial charge is 0.328 e. The van der Waals surface area contributed by atoms with Crippen molar-refractivity contribution in [1.82, 2.24) is 4.98 Å². The van der Waals surface area contributed by atoms with Gasteiger partial charge >= 0.3 is 5.97 Å². The molecule has 0 aliphatic rings. The van der Waals surface area contributed by atoms with Gasteiger partial charge in [0.1, 0.15) is 5.75 Å². The summed E-state index contributed by atoms with van der Waals surface area (Å²) in [5.41, 5.74) is 2.50. The Balaban J connectivity index is 2.47. The molecule has 0 saturated carbocycles. The van der Waals surface area contributed by atoms with Gasteiger partial charge in [-0.05, 0) is 49.8 Å². The van der Waals surface area contributed by atoms with Gasteiger partial charge in [-0.1, -0.05) is 0 Å². The van der Waals surface area contributed by atoms with Crippen molar-refractivity contribution in [3.05, 3.63) is 41.6 Å². The van der Waals surface area contributed by atoms with Crippen molar-refractivity contribution in [1.29, 1.82) is 0 Å². The van der Waals surface area contributed by atoms with Crippen LogP contribution in [-0.4, -0.2) is 22.7 Å². The van der Waals surface area contributed by atoms with Gasteiger partial charge in [0.15, 0.2) is 0 Å². The predicted octanol–water partition coefficient (Wildman–Crippen LogP) is 3.04. The molecule has 1 aromatic heterocycles. The first kappa shape index (κ1) is 13.1. The highest BCUT2D eigenvalue weighted by Gasteiger charge is 2.03. The van der Waals surface area contributed by atoms with Crippen LogP contribution in [-0.2, 0) is 4.79 Å². The maximum atomic E-state index is 10.5. The maximum Gasteiger partial charge on any atom is 0.328 e. The zero-order valence-electron chi connectivity index (χ0n) is 10.9. The number of hydrogen-bond acceptors (Lipinski definition) is 3. The van der Waals surface area contributed by atoms with Gasteiger partial charge in [-0.2, -0.15) is 0 Å². The highest BCUT2D eigenvalue weighted by atomic mass is 16.5. The van der Waals surface area contributed by atoms with Crippen LogP contribution in [0.25, 0.3) is 17.0 Å². The fourth-order valence-corrected chi connectivity index (χ4v) is 1.90. The number of pyridine rings is 1. The number of nitrogens with zero attached hydrogens (tertiary/aromatic N) is 1. The summed E-state index contributed by atoms with van der Waals surface area (Å²) in [6.07, 6.45) is 2.58. The number of carboxylic acid groups (broad SMARTS) is 1. The molecule has 0 aliphatic heterocycles. The minimum absolute atomic E-state index is 0.622. The number of ether oxygens (including phenoxy) is 1. The fourth-order valence-electron chi connectivity index (χ4n) is 1.90. The van der Waals surface area contributed by atoms with Gasteiger partial charge in [0.05, 0.1) is 17.8 Å². The number of carbonyl (C=O) groups is 1. The Kier molecular flexibility index (Phi) is 3.80. The van der Waals surface area contributed by atoms with E-state index in [2.05, 4.69) is 4.98 Å². The Morgan fingerprint density at radius 2 is 2.21 bits per heavy atom. The van der Waals surface area contributed by atoms with Crippen LogP contribution in [0.3, 0.4) is 0 Å². The number of aliphatic carboxylic acids is 1. The molecule has 0 fully saturated rings. The first-order chi connectivity index (χ1) is 9.10. The lowest BCUT2D eigenvalue weighted by Crippen LogP contribution is -1.93. The van der Waals surface area contributed by atoms with Crippen molar-refractivity contribution in [2.45, 2.75) is 13.8 Å². The molecule has 4 nitrogen and oxygen atoms in total. The van der Waals surface area contributed by atoms with E-state index in [9.17, 15) is 4.79 Å². The molecule has 0 aliphatic carbocycles. The van der Waals surface area contributed by atoms with Gasteiger partial charge in [0.2, 0.25) is 0 Å². The molecule has 0 amide bonds. The van der Waals surface area contributed by atoms with E-state index in [0.29, 0.717) is 12.3 Å². The summed E-state index contributed by atoms with van der Waals surface area (Å²) >= 11 is 0. The number of carboxylic acids is 1. The van der Waals surface area contributed by atoms with Crippen LogP contribution < -0.4 is 4.74 Å². The lowest BCUT2D eigenvalue weighted by atomic mass is 10.1. The van der Waals surface area contributed by atoms with Crippen LogP contribution in [0.15, 0.2) is 30.3 Å². The standard InChI is InChI=1S/C15H15NO3/c1-3-19-12-5-6-14-13(9-12)10(2)8-11(16-14)4-7-15(17)18/h4-9H,3H2,1-2H3,(H,17,18)/b7-4+. The third kappa shape index (κ3) is 3.10. The molecular formula is C15H15NO3. The van der Waals surface area contributed by atoms with Gasteiger partial charge in [0, 0.05) is 11.5 Å². The van der Waals surface area contributed by atoms with Crippen molar-refractivity contribution in [2.24, 2.45) is 0 Å². The normalized spacial score (nSPS) is 11.1. The summed E-state index contributed by atoms with van der Waals surface area (Å²) in [4.78, 5) is 14.9. The molecule has 98 valence electrons. The predicted molar refractivity (Wildman–Crippen MR) is 74.3 cm³/mol. The molecule has 0 saturated heterocycles. The van der Waals surface area contributed by atoms with Gasteiger partial charge in [-0.3, -0.25) is 0 Å². The fraction of sp³-hybridized carbons (Fsp3) is 0.200. The number of aromatic nitrogens is 1. The van der Waals surface area contributed by atoms with E-state index in [1.54, 1.807) is 0 Å². The summed E-state index contributed by atoms with van der Waals surface area (Å²) in [5.74, 6) is -0.167. The van der Waals surface area contributed by atoms with Crippen molar-refractivity contribution >= 4 is 22.9 Å². The van der Waals surface area contributed by atoms with Crippen LogP contribution in [0.5, 0.6) is 5.75 Å². The van der Waals surface area contributed by atoms with Crippen LogP contribution in [0.2, 0.25) is 0 Å². The molecule has 0 unspecified atom stereocenters. The Bertz CT molecular complexity index is 647. The number of aryl methyl sites for hydroxylation is 1. The van der Waals surface area contributed by atoms with Gasteiger partial charge < -0.3 is 9.84 Å². The Morgan fingerprint density at radius 1 is 1.42 bits per heavy atom. The largest absolute Gasteiger partial charge is 0.494 e. The quantitative estimate of drug-likeness (QED) is 0.855. The van der Waals surface area contributed by atoms with E-state index < -0.39 is 5.97 Å². The second-order valence-electron chi connectivity index (χ2n) is 4.15. The first-order valence-electron chi connectivity index (χ1n) is 6.05. The molecule has 1 heterocycles. The minimum Gasteiger partial charge on any atom is -0.494 e. The molecule has 2 aromatic rings. The van der Waals surface area contributed by atoms with Crippen molar-refractivity contribution in [3.63, 3.8) is 0 Å². The highest BCUT2D eigenvalue weighted by molar-refractivity contribution is 5.87. The first-order valence-corrected chi connectivity index (χ1v) is 6.05. The molecule has 1 N–H and O–H groups in total. The van der Waals surface area contributed by atoms with Crippen LogP contribution >= 0.6 is 0 Å². The average Bonchev–Trinajstić information content (AvgIpc) is 2.37. The monoisotopic (exact) mass is 257 g/mol. The number of fused-ring (bicyclic) bond motifs is 1. The van der Waals surface area contributed by atoms with E-state index in [4.69, 9.17) is 9.84 Å². The maximum absolute atomic E-state index is 10.5. The SMILES string of the molecule is CCOc1ccc2nc(/C=C/C(=O)O)cc(C)c2c1. The third-order valence-corrected chi connectivity index (χ3v) is 2.71. The number of benzene rings is 1. The topological polar surface area (TPSA) is 59.4 Å². The van der Waals surface area contributed by atoms with E-state index in [1.165, 1.54) is 6.08 Å². The molecule has 2 rings (SSSR count). The molecule has 4 heteroatoms. The second-order valence-corrected chi connectivity index (χ2v) is 4.15. The summed E-state index contributed by atoms with van der Waals surface area (Å²) < 4.78 is 5.46. The Hall–Kier alpha value is -2.36. The number of hydrogen-bond donors (Lipinski definition) is 1. The van der Waals surface area contributed by atoms with Gasteiger partial charge in [-0.25, -0.2) is 9.78 Å². The van der Waals surface area contributed by atoms with E-state index in [0.717, 1.165) is 28.3 Å². The lowest BCUT2D eigenvalue weighted by Gasteiger charge is -2.07. The molecule has 0 spiro atoms. The average molecular weight is 257 g/mol. The van der Waals surface area contributed by atoms with E-state index in [-0.39, 0.29) is 0 Å². The van der Waals surface area contributed by atoms with Crippen molar-refractivity contribution in [2.75, 3.05) is 6.61 Å². The Morgan fingerprint density at radius 3 is 2.89 bits per heavy atom. The summed E-state index contributed by atoms with van der Waals surface area (Å²) in [6, 6.07) is 7.55. The summed E-state index contributed by atoms with van der Waals surface area (Å²) in [5, 5.41) is 9.63. The van der Waals surface area contributed by atoms with E-state index in [1.807, 2.05) is 38.1 Å². The zero-order chi connectivity index (χ0) is 13.8. The van der Waals surface area contributed by atoms with E-state index >= 15 is 0 Å². The molecular weight excluding hydrogens is 242 g/mol. The number of rotatable bonds is 4. The summed E-state index contributed by atoms with van der Waals surface area (Å²) in [7, 11) is 0. The highest BCUT2D eigenvalue weighted by Crippen LogP contribution is 2.23. The molecule has 0 atom stereocenters. The van der Waals surface area contributed by atoms with Crippen LogP contribution in [0.1, 0.15) is 18.2 Å². The van der Waals surface area contributed by atoms with Gasteiger partial charge in [-0.15, -0.1) is 0 Å². The van der Waals surface area contributed by atoms with Crippen LogP contribution in [0, 0.1) is 6.92 Å². The van der Waals surface area contributed by atoms with Crippen molar-refractivity contribution < 1.29 is 14.6 Å². The van der Waals surface area contributed by atoms with Gasteiger partial charge in [0.25, 0.3) is 0 Å². The van der Waals surface area contributed by atoms with Crippen molar-refractivity contribution in [3.8, 4) is 5.75 Å². The molecule has 1 aromatic carbocycles. The lowest BCUT2D eigenvalue weighted by molar-refractivity contribution is -0.131. The zero-order valence-corrected chi connectivity index (χ0v) is 10.9.